The third-order valence-electron chi connectivity index (χ3n) is 6.47. The summed E-state index contributed by atoms with van der Waals surface area (Å²) in [5, 5.41) is 12.7. The number of amides is 2. The van der Waals surface area contributed by atoms with Crippen molar-refractivity contribution in [2.75, 3.05) is 0 Å². The van der Waals surface area contributed by atoms with Gasteiger partial charge in [0.2, 0.25) is 0 Å². The maximum atomic E-state index is 12.1. The molecule has 1 aliphatic carbocycles. The van der Waals surface area contributed by atoms with Gasteiger partial charge in [-0.05, 0) is 88.4 Å². The van der Waals surface area contributed by atoms with Gasteiger partial charge in [-0.3, -0.25) is 14.9 Å². The molecule has 2 aliphatic rings. The first-order valence-corrected chi connectivity index (χ1v) is 11.0. The third kappa shape index (κ3) is 3.45. The number of carbonyl (C=O) groups is 2. The van der Waals surface area contributed by atoms with Gasteiger partial charge in [0.15, 0.2) is 0 Å². The molecule has 2 amide bonds. The highest BCUT2D eigenvalue weighted by atomic mass is 32.2. The van der Waals surface area contributed by atoms with Crippen LogP contribution in [0, 0.1) is 6.92 Å². The maximum Gasteiger partial charge on any atom is 0.290 e. The van der Waals surface area contributed by atoms with Crippen LogP contribution in [0.15, 0.2) is 35.2 Å². The number of hydrogen-bond donors (Lipinski definition) is 2. The van der Waals surface area contributed by atoms with E-state index < -0.39 is 5.91 Å². The van der Waals surface area contributed by atoms with Crippen LogP contribution in [-0.4, -0.2) is 16.3 Å². The number of phenols is 1. The predicted molar refractivity (Wildman–Crippen MR) is 123 cm³/mol. The molecule has 4 rings (SSSR count). The molecule has 2 aromatic carbocycles. The summed E-state index contributed by atoms with van der Waals surface area (Å²) in [7, 11) is 0. The summed E-state index contributed by atoms with van der Waals surface area (Å²) < 4.78 is 0. The molecule has 156 valence electrons. The smallest absolute Gasteiger partial charge is 0.290 e. The number of aromatic hydroxyl groups is 1. The minimum Gasteiger partial charge on any atom is -0.507 e. The molecular formula is C25H27NO3S. The molecule has 0 bridgehead atoms. The summed E-state index contributed by atoms with van der Waals surface area (Å²) in [4.78, 5) is 24.0. The van der Waals surface area contributed by atoms with Crippen molar-refractivity contribution in [2.24, 2.45) is 0 Å². The van der Waals surface area contributed by atoms with Gasteiger partial charge in [-0.25, -0.2) is 0 Å². The lowest BCUT2D eigenvalue weighted by Gasteiger charge is -2.42. The lowest BCUT2D eigenvalue weighted by atomic mass is 9.62. The number of hydrogen-bond acceptors (Lipinski definition) is 4. The number of thioether (sulfide) groups is 1. The summed E-state index contributed by atoms with van der Waals surface area (Å²) in [6.45, 7) is 11.2. The summed E-state index contributed by atoms with van der Waals surface area (Å²) in [5.41, 5.74) is 6.28. The highest BCUT2D eigenvalue weighted by molar-refractivity contribution is 8.18. The molecule has 30 heavy (non-hydrogen) atoms. The Kier molecular flexibility index (Phi) is 4.85. The Labute approximate surface area is 181 Å². The van der Waals surface area contributed by atoms with Crippen LogP contribution in [0.1, 0.15) is 62.8 Å². The first-order chi connectivity index (χ1) is 14.0. The molecule has 1 saturated heterocycles. The molecule has 0 atom stereocenters. The molecule has 1 fully saturated rings. The lowest BCUT2D eigenvalue weighted by molar-refractivity contribution is -0.115. The highest BCUT2D eigenvalue weighted by Crippen LogP contribution is 2.49. The molecule has 2 aromatic rings. The van der Waals surface area contributed by atoms with E-state index in [-0.39, 0.29) is 21.8 Å². The minimum atomic E-state index is -0.399. The Hall–Kier alpha value is -2.53. The van der Waals surface area contributed by atoms with Crippen LogP contribution < -0.4 is 5.32 Å². The van der Waals surface area contributed by atoms with Crippen molar-refractivity contribution in [2.45, 2.75) is 58.3 Å². The molecule has 0 spiro atoms. The molecule has 0 saturated carbocycles. The van der Waals surface area contributed by atoms with E-state index in [9.17, 15) is 14.7 Å². The zero-order chi connectivity index (χ0) is 21.8. The summed E-state index contributed by atoms with van der Waals surface area (Å²) in [6.07, 6.45) is 3.93. The van der Waals surface area contributed by atoms with Crippen LogP contribution in [0.4, 0.5) is 4.79 Å². The van der Waals surface area contributed by atoms with Crippen LogP contribution in [0.25, 0.3) is 17.2 Å². The van der Waals surface area contributed by atoms with Gasteiger partial charge >= 0.3 is 0 Å². The molecular weight excluding hydrogens is 394 g/mol. The van der Waals surface area contributed by atoms with Crippen molar-refractivity contribution in [3.05, 3.63) is 57.5 Å². The molecule has 1 heterocycles. The first kappa shape index (κ1) is 20.7. The number of benzene rings is 2. The van der Waals surface area contributed by atoms with Crippen LogP contribution in [-0.2, 0) is 15.6 Å². The largest absolute Gasteiger partial charge is 0.507 e. The van der Waals surface area contributed by atoms with Gasteiger partial charge in [-0.15, -0.1) is 0 Å². The van der Waals surface area contributed by atoms with Crippen LogP contribution in [0.3, 0.4) is 0 Å². The average Bonchev–Trinajstić information content (AvgIpc) is 2.97. The fraction of sp³-hybridized carbons (Fsp3) is 0.360. The normalized spacial score (nSPS) is 20.9. The standard InChI is InChI=1S/C25H27NO3S/c1-14-11-17-18(25(4,5)10-9-24(17,2)3)13-16(14)21-15(7-6-8-19(21)27)12-20-22(28)26-23(29)30-20/h6-8,11-13,27H,9-10H2,1-5H3,(H,26,28,29)/b20-12+. The number of fused-ring (bicyclic) bond motifs is 1. The van der Waals surface area contributed by atoms with Crippen molar-refractivity contribution in [1.82, 2.24) is 5.32 Å². The Morgan fingerprint density at radius 1 is 1.03 bits per heavy atom. The number of aryl methyl sites for hydroxylation is 1. The van der Waals surface area contributed by atoms with Gasteiger partial charge in [-0.2, -0.15) is 0 Å². The van der Waals surface area contributed by atoms with Crippen molar-refractivity contribution >= 4 is 29.0 Å². The van der Waals surface area contributed by atoms with E-state index in [1.165, 1.54) is 11.1 Å². The van der Waals surface area contributed by atoms with Gasteiger partial charge in [0, 0.05) is 5.56 Å². The Balaban J connectivity index is 1.94. The van der Waals surface area contributed by atoms with Gasteiger partial charge in [0.1, 0.15) is 5.75 Å². The van der Waals surface area contributed by atoms with Gasteiger partial charge in [0.25, 0.3) is 11.1 Å². The third-order valence-corrected chi connectivity index (χ3v) is 7.28. The first-order valence-electron chi connectivity index (χ1n) is 10.2. The molecule has 1 aliphatic heterocycles. The summed E-state index contributed by atoms with van der Waals surface area (Å²) >= 11 is 0.885. The van der Waals surface area contributed by atoms with Gasteiger partial charge in [0.05, 0.1) is 4.91 Å². The topological polar surface area (TPSA) is 66.4 Å². The Morgan fingerprint density at radius 2 is 1.67 bits per heavy atom. The second kappa shape index (κ2) is 7.02. The number of nitrogens with one attached hydrogen (secondary N) is 1. The van der Waals surface area contributed by atoms with Crippen LogP contribution >= 0.6 is 11.8 Å². The summed E-state index contributed by atoms with van der Waals surface area (Å²) in [5.74, 6) is -0.237. The zero-order valence-electron chi connectivity index (χ0n) is 18.1. The van der Waals surface area contributed by atoms with Gasteiger partial charge in [-0.1, -0.05) is 45.9 Å². The maximum absolute atomic E-state index is 12.1. The number of carbonyl (C=O) groups excluding carboxylic acids is 2. The quantitative estimate of drug-likeness (QED) is 0.580. The van der Waals surface area contributed by atoms with E-state index in [2.05, 4.69) is 52.1 Å². The van der Waals surface area contributed by atoms with E-state index in [1.807, 2.05) is 6.07 Å². The fourth-order valence-corrected chi connectivity index (χ4v) is 5.20. The molecule has 2 N–H and O–H groups in total. The van der Waals surface area contributed by atoms with E-state index >= 15 is 0 Å². The summed E-state index contributed by atoms with van der Waals surface area (Å²) in [6, 6.07) is 9.77. The van der Waals surface area contributed by atoms with E-state index in [4.69, 9.17) is 0 Å². The monoisotopic (exact) mass is 421 g/mol. The van der Waals surface area contributed by atoms with Crippen molar-refractivity contribution in [3.8, 4) is 16.9 Å². The van der Waals surface area contributed by atoms with Crippen LogP contribution in [0.5, 0.6) is 5.75 Å². The van der Waals surface area contributed by atoms with Crippen molar-refractivity contribution in [1.29, 1.82) is 0 Å². The Bertz CT molecular complexity index is 1110. The SMILES string of the molecule is Cc1cc2c(cc1-c1c(O)cccc1/C=C1/SC(=O)NC1=O)C(C)(C)CCC2(C)C. The fourth-order valence-electron chi connectivity index (χ4n) is 4.52. The van der Waals surface area contributed by atoms with E-state index in [1.54, 1.807) is 18.2 Å². The van der Waals surface area contributed by atoms with Crippen LogP contribution in [0.2, 0.25) is 0 Å². The predicted octanol–water partition coefficient (Wildman–Crippen LogP) is 6.04. The molecule has 4 nitrogen and oxygen atoms in total. The molecule has 0 unspecified atom stereocenters. The molecule has 0 aromatic heterocycles. The van der Waals surface area contributed by atoms with Crippen molar-refractivity contribution < 1.29 is 14.7 Å². The van der Waals surface area contributed by atoms with E-state index in [0.717, 1.165) is 41.3 Å². The number of phenolic OH excluding ortho intramolecular Hbond substituents is 1. The molecule has 5 heteroatoms. The Morgan fingerprint density at radius 3 is 2.27 bits per heavy atom. The zero-order valence-corrected chi connectivity index (χ0v) is 18.9. The highest BCUT2D eigenvalue weighted by Gasteiger charge is 2.37. The number of imide groups is 1. The number of rotatable bonds is 2. The average molecular weight is 422 g/mol. The van der Waals surface area contributed by atoms with Gasteiger partial charge < -0.3 is 5.11 Å². The second-order valence-electron chi connectivity index (χ2n) is 9.57. The lowest BCUT2D eigenvalue weighted by Crippen LogP contribution is -2.34. The minimum absolute atomic E-state index is 0.0456. The van der Waals surface area contributed by atoms with Crippen molar-refractivity contribution in [3.63, 3.8) is 0 Å². The van der Waals surface area contributed by atoms with E-state index in [0.29, 0.717) is 10.5 Å². The second-order valence-corrected chi connectivity index (χ2v) is 10.6. The molecule has 0 radical (unpaired) electrons.